The molecular formula is C14H24N4O. The van der Waals surface area contributed by atoms with Crippen LogP contribution in [0.25, 0.3) is 0 Å². The van der Waals surface area contributed by atoms with Crippen molar-refractivity contribution in [1.29, 1.82) is 0 Å². The van der Waals surface area contributed by atoms with Crippen molar-refractivity contribution in [3.63, 3.8) is 0 Å². The zero-order valence-corrected chi connectivity index (χ0v) is 12.1. The van der Waals surface area contributed by atoms with Crippen LogP contribution in [-0.4, -0.2) is 35.7 Å². The molecule has 1 fully saturated rings. The summed E-state index contributed by atoms with van der Waals surface area (Å²) in [6.45, 7) is 9.24. The fraction of sp³-hybridized carbons (Fsp3) is 0.714. The molecule has 0 saturated heterocycles. The third kappa shape index (κ3) is 3.80. The van der Waals surface area contributed by atoms with Gasteiger partial charge in [-0.2, -0.15) is 0 Å². The molecule has 0 atom stereocenters. The highest BCUT2D eigenvalue weighted by Gasteiger charge is 2.29. The van der Waals surface area contributed by atoms with E-state index in [1.54, 1.807) is 0 Å². The minimum Gasteiger partial charge on any atom is -0.374 e. The highest BCUT2D eigenvalue weighted by Crippen LogP contribution is 2.31. The zero-order valence-electron chi connectivity index (χ0n) is 12.1. The third-order valence-electron chi connectivity index (χ3n) is 3.17. The Morgan fingerprint density at radius 1 is 1.32 bits per heavy atom. The number of hydrogen-bond acceptors (Lipinski definition) is 5. The average Bonchev–Trinajstić information content (AvgIpc) is 3.22. The normalized spacial score (nSPS) is 14.5. The van der Waals surface area contributed by atoms with Crippen LogP contribution in [0, 0.1) is 0 Å². The first-order valence-electron chi connectivity index (χ1n) is 7.24. The predicted molar refractivity (Wildman–Crippen MR) is 77.6 cm³/mol. The van der Waals surface area contributed by atoms with Crippen molar-refractivity contribution in [3.8, 4) is 0 Å². The molecule has 1 saturated carbocycles. The smallest absolute Gasteiger partial charge is 0.158 e. The molecule has 1 aromatic rings. The van der Waals surface area contributed by atoms with Crippen molar-refractivity contribution in [2.75, 3.05) is 29.9 Å². The lowest BCUT2D eigenvalue weighted by molar-refractivity contribution is 0.128. The molecule has 2 rings (SSSR count). The summed E-state index contributed by atoms with van der Waals surface area (Å²) in [7, 11) is 0. The number of anilines is 2. The van der Waals surface area contributed by atoms with Crippen LogP contribution in [0.4, 0.5) is 11.6 Å². The molecule has 5 heteroatoms. The number of nitrogens with one attached hydrogen (secondary N) is 1. The van der Waals surface area contributed by atoms with Gasteiger partial charge in [-0.3, -0.25) is 0 Å². The lowest BCUT2D eigenvalue weighted by atomic mass is 10.4. The minimum atomic E-state index is 0.477. The van der Waals surface area contributed by atoms with Crippen molar-refractivity contribution in [2.24, 2.45) is 0 Å². The Morgan fingerprint density at radius 2 is 2.11 bits per heavy atom. The first-order valence-corrected chi connectivity index (χ1v) is 7.24. The van der Waals surface area contributed by atoms with E-state index in [0.29, 0.717) is 19.3 Å². The van der Waals surface area contributed by atoms with Gasteiger partial charge in [-0.05, 0) is 33.6 Å². The molecular weight excluding hydrogens is 240 g/mol. The molecule has 1 N–H and O–H groups in total. The molecule has 0 bridgehead atoms. The molecule has 0 radical (unpaired) electrons. The van der Waals surface area contributed by atoms with Gasteiger partial charge in [0, 0.05) is 31.8 Å². The van der Waals surface area contributed by atoms with Gasteiger partial charge in [-0.1, -0.05) is 0 Å². The molecule has 0 aliphatic heterocycles. The van der Waals surface area contributed by atoms with Gasteiger partial charge in [0.1, 0.15) is 18.2 Å². The maximum Gasteiger partial charge on any atom is 0.158 e. The fourth-order valence-corrected chi connectivity index (χ4v) is 2.15. The number of nitrogens with zero attached hydrogens (tertiary/aromatic N) is 3. The quantitative estimate of drug-likeness (QED) is 0.781. The Kier molecular flexibility index (Phi) is 4.96. The average molecular weight is 264 g/mol. The zero-order chi connectivity index (χ0) is 13.7. The minimum absolute atomic E-state index is 0.477. The summed E-state index contributed by atoms with van der Waals surface area (Å²) in [5, 5.41) is 3.27. The van der Waals surface area contributed by atoms with Gasteiger partial charge in [0.05, 0.1) is 0 Å². The molecule has 1 aliphatic carbocycles. The molecule has 0 aromatic carbocycles. The Morgan fingerprint density at radius 3 is 2.68 bits per heavy atom. The van der Waals surface area contributed by atoms with Gasteiger partial charge < -0.3 is 15.0 Å². The summed E-state index contributed by atoms with van der Waals surface area (Å²) < 4.78 is 5.43. The molecule has 0 amide bonds. The van der Waals surface area contributed by atoms with Gasteiger partial charge in [-0.25, -0.2) is 9.97 Å². The van der Waals surface area contributed by atoms with Crippen molar-refractivity contribution in [3.05, 3.63) is 11.9 Å². The third-order valence-corrected chi connectivity index (χ3v) is 3.17. The van der Waals surface area contributed by atoms with E-state index in [1.165, 1.54) is 12.8 Å². The topological polar surface area (TPSA) is 50.3 Å². The molecule has 0 spiro atoms. The van der Waals surface area contributed by atoms with Crippen LogP contribution in [-0.2, 0) is 11.3 Å². The van der Waals surface area contributed by atoms with Crippen LogP contribution < -0.4 is 10.2 Å². The molecule has 1 aromatic heterocycles. The van der Waals surface area contributed by atoms with Crippen molar-refractivity contribution < 1.29 is 4.74 Å². The molecule has 1 heterocycles. The Labute approximate surface area is 115 Å². The van der Waals surface area contributed by atoms with Crippen molar-refractivity contribution in [1.82, 2.24) is 9.97 Å². The van der Waals surface area contributed by atoms with E-state index < -0.39 is 0 Å². The van der Waals surface area contributed by atoms with Crippen LogP contribution in [0.3, 0.4) is 0 Å². The van der Waals surface area contributed by atoms with Crippen molar-refractivity contribution in [2.45, 2.75) is 46.3 Å². The van der Waals surface area contributed by atoms with E-state index in [0.717, 1.165) is 30.5 Å². The van der Waals surface area contributed by atoms with Crippen LogP contribution in [0.5, 0.6) is 0 Å². The summed E-state index contributed by atoms with van der Waals surface area (Å²) >= 11 is 0. The van der Waals surface area contributed by atoms with Crippen molar-refractivity contribution >= 4 is 11.6 Å². The van der Waals surface area contributed by atoms with Crippen LogP contribution in [0.15, 0.2) is 6.07 Å². The lowest BCUT2D eigenvalue weighted by Crippen LogP contribution is -2.26. The second-order valence-electron chi connectivity index (χ2n) is 4.71. The van der Waals surface area contributed by atoms with E-state index >= 15 is 0 Å². The molecule has 19 heavy (non-hydrogen) atoms. The molecule has 0 unspecified atom stereocenters. The first-order chi connectivity index (χ1) is 9.28. The van der Waals surface area contributed by atoms with Crippen LogP contribution >= 0.6 is 0 Å². The predicted octanol–water partition coefficient (Wildman–Crippen LogP) is 2.43. The molecule has 1 aliphatic rings. The molecule has 106 valence electrons. The SMILES string of the molecule is CCNc1cc(N(CC)C2CC2)nc(COCC)n1. The number of ether oxygens (including phenoxy) is 1. The Balaban J connectivity index is 2.21. The maximum absolute atomic E-state index is 5.43. The Hall–Kier alpha value is -1.36. The van der Waals surface area contributed by atoms with Crippen LogP contribution in [0.1, 0.15) is 39.4 Å². The van der Waals surface area contributed by atoms with E-state index in [1.807, 2.05) is 13.0 Å². The Bertz CT molecular complexity index is 406. The van der Waals surface area contributed by atoms with E-state index in [2.05, 4.69) is 34.0 Å². The summed E-state index contributed by atoms with van der Waals surface area (Å²) in [6.07, 6.45) is 2.55. The monoisotopic (exact) mass is 264 g/mol. The summed E-state index contributed by atoms with van der Waals surface area (Å²) in [5.74, 6) is 2.67. The summed E-state index contributed by atoms with van der Waals surface area (Å²) in [5.41, 5.74) is 0. The molecule has 5 nitrogen and oxygen atoms in total. The van der Waals surface area contributed by atoms with E-state index in [-0.39, 0.29) is 0 Å². The highest BCUT2D eigenvalue weighted by molar-refractivity contribution is 5.50. The second kappa shape index (κ2) is 6.70. The highest BCUT2D eigenvalue weighted by atomic mass is 16.5. The van der Waals surface area contributed by atoms with Gasteiger partial charge in [0.25, 0.3) is 0 Å². The number of rotatable bonds is 8. The van der Waals surface area contributed by atoms with Gasteiger partial charge >= 0.3 is 0 Å². The number of aromatic nitrogens is 2. The summed E-state index contributed by atoms with van der Waals surface area (Å²) in [6, 6.07) is 2.70. The van der Waals surface area contributed by atoms with Gasteiger partial charge in [-0.15, -0.1) is 0 Å². The largest absolute Gasteiger partial charge is 0.374 e. The maximum atomic E-state index is 5.43. The standard InChI is InChI=1S/C14H24N4O/c1-4-15-12-9-14(18(5-2)11-7-8-11)17-13(16-12)10-19-6-3/h9,11H,4-8,10H2,1-3H3,(H,15,16,17). The van der Waals surface area contributed by atoms with E-state index in [9.17, 15) is 0 Å². The first kappa shape index (κ1) is 14.1. The van der Waals surface area contributed by atoms with Crippen LogP contribution in [0.2, 0.25) is 0 Å². The van der Waals surface area contributed by atoms with Gasteiger partial charge in [0.15, 0.2) is 5.82 Å². The summed E-state index contributed by atoms with van der Waals surface area (Å²) in [4.78, 5) is 11.5. The second-order valence-corrected chi connectivity index (χ2v) is 4.71. The number of hydrogen-bond donors (Lipinski definition) is 1. The van der Waals surface area contributed by atoms with Gasteiger partial charge in [0.2, 0.25) is 0 Å². The lowest BCUT2D eigenvalue weighted by Gasteiger charge is -2.22. The fourth-order valence-electron chi connectivity index (χ4n) is 2.15. The van der Waals surface area contributed by atoms with E-state index in [4.69, 9.17) is 4.74 Å².